The van der Waals surface area contributed by atoms with E-state index in [1.165, 1.54) is 6.26 Å². The number of nitrogens with one attached hydrogen (secondary N) is 1. The van der Waals surface area contributed by atoms with Gasteiger partial charge >= 0.3 is 0 Å². The SMILES string of the molecule is CNC1CCCN(C(C)CS(C)(=O)=O)C1=O. The summed E-state index contributed by atoms with van der Waals surface area (Å²) in [4.78, 5) is 13.6. The molecule has 1 aliphatic heterocycles. The summed E-state index contributed by atoms with van der Waals surface area (Å²) in [5.41, 5.74) is 0. The number of likely N-dealkylation sites (tertiary alicyclic amines) is 1. The first-order valence-electron chi connectivity index (χ1n) is 5.50. The van der Waals surface area contributed by atoms with Crippen LogP contribution in [0.1, 0.15) is 19.8 Å². The number of nitrogens with zero attached hydrogens (tertiary/aromatic N) is 1. The summed E-state index contributed by atoms with van der Waals surface area (Å²) >= 11 is 0. The third-order valence-corrected chi connectivity index (χ3v) is 3.99. The Morgan fingerprint density at radius 2 is 2.19 bits per heavy atom. The van der Waals surface area contributed by atoms with Crippen LogP contribution in [0.15, 0.2) is 0 Å². The number of hydrogen-bond acceptors (Lipinski definition) is 4. The third kappa shape index (κ3) is 3.45. The molecule has 0 bridgehead atoms. The zero-order valence-corrected chi connectivity index (χ0v) is 10.9. The van der Waals surface area contributed by atoms with Crippen LogP contribution in [0.2, 0.25) is 0 Å². The van der Waals surface area contributed by atoms with Gasteiger partial charge in [-0.05, 0) is 26.8 Å². The van der Waals surface area contributed by atoms with Gasteiger partial charge in [-0.15, -0.1) is 0 Å². The minimum atomic E-state index is -3.03. The maximum Gasteiger partial charge on any atom is 0.239 e. The standard InChI is InChI=1S/C10H20N2O3S/c1-8(7-16(3,14)15)12-6-4-5-9(11-2)10(12)13/h8-9,11H,4-7H2,1-3H3. The molecule has 1 fully saturated rings. The van der Waals surface area contributed by atoms with Gasteiger partial charge in [0.25, 0.3) is 0 Å². The Kier molecular flexibility index (Phi) is 4.32. The minimum Gasteiger partial charge on any atom is -0.338 e. The number of rotatable bonds is 4. The van der Waals surface area contributed by atoms with E-state index in [-0.39, 0.29) is 23.7 Å². The Labute approximate surface area is 97.1 Å². The molecule has 5 nitrogen and oxygen atoms in total. The van der Waals surface area contributed by atoms with Crippen LogP contribution in [0, 0.1) is 0 Å². The lowest BCUT2D eigenvalue weighted by Crippen LogP contribution is -2.54. The molecule has 0 aliphatic carbocycles. The van der Waals surface area contributed by atoms with E-state index in [4.69, 9.17) is 0 Å². The van der Waals surface area contributed by atoms with Gasteiger partial charge in [-0.25, -0.2) is 8.42 Å². The molecule has 0 saturated carbocycles. The maximum absolute atomic E-state index is 12.0. The highest BCUT2D eigenvalue weighted by Crippen LogP contribution is 2.15. The van der Waals surface area contributed by atoms with Crippen LogP contribution in [-0.4, -0.2) is 56.9 Å². The number of sulfone groups is 1. The summed E-state index contributed by atoms with van der Waals surface area (Å²) in [6, 6.07) is -0.394. The zero-order valence-electron chi connectivity index (χ0n) is 10.1. The average Bonchev–Trinajstić information content (AvgIpc) is 2.15. The van der Waals surface area contributed by atoms with Crippen LogP contribution in [-0.2, 0) is 14.6 Å². The first kappa shape index (κ1) is 13.4. The van der Waals surface area contributed by atoms with Crippen LogP contribution < -0.4 is 5.32 Å². The Bertz CT molecular complexity index is 353. The van der Waals surface area contributed by atoms with Crippen molar-refractivity contribution < 1.29 is 13.2 Å². The summed E-state index contributed by atoms with van der Waals surface area (Å²) < 4.78 is 22.4. The Hall–Kier alpha value is -0.620. The predicted molar refractivity (Wildman–Crippen MR) is 63.0 cm³/mol. The molecule has 0 aromatic carbocycles. The lowest BCUT2D eigenvalue weighted by atomic mass is 10.0. The molecule has 1 N–H and O–H groups in total. The van der Waals surface area contributed by atoms with Gasteiger partial charge in [0, 0.05) is 18.8 Å². The van der Waals surface area contributed by atoms with Crippen molar-refractivity contribution in [3.63, 3.8) is 0 Å². The van der Waals surface area contributed by atoms with Crippen molar-refractivity contribution in [1.82, 2.24) is 10.2 Å². The van der Waals surface area contributed by atoms with Gasteiger partial charge in [-0.1, -0.05) is 0 Å². The number of amides is 1. The molecule has 1 aliphatic rings. The van der Waals surface area contributed by atoms with Crippen LogP contribution in [0.3, 0.4) is 0 Å². The highest BCUT2D eigenvalue weighted by atomic mass is 32.2. The smallest absolute Gasteiger partial charge is 0.239 e. The van der Waals surface area contributed by atoms with Crippen molar-refractivity contribution in [3.05, 3.63) is 0 Å². The molecule has 0 aromatic heterocycles. The van der Waals surface area contributed by atoms with Crippen LogP contribution in [0.4, 0.5) is 0 Å². The van der Waals surface area contributed by atoms with E-state index in [1.807, 2.05) is 0 Å². The van der Waals surface area contributed by atoms with E-state index in [1.54, 1.807) is 18.9 Å². The van der Waals surface area contributed by atoms with Gasteiger partial charge in [0.2, 0.25) is 5.91 Å². The molecule has 2 unspecified atom stereocenters. The molecule has 1 rings (SSSR count). The molecule has 2 atom stereocenters. The van der Waals surface area contributed by atoms with Crippen LogP contribution >= 0.6 is 0 Å². The van der Waals surface area contributed by atoms with E-state index in [2.05, 4.69) is 5.32 Å². The number of carbonyl (C=O) groups is 1. The molecule has 1 amide bonds. The second kappa shape index (κ2) is 5.14. The molecular formula is C10H20N2O3S. The van der Waals surface area contributed by atoms with E-state index in [0.717, 1.165) is 12.8 Å². The van der Waals surface area contributed by atoms with Gasteiger partial charge in [0.1, 0.15) is 9.84 Å². The van der Waals surface area contributed by atoms with Crippen LogP contribution in [0.25, 0.3) is 0 Å². The first-order valence-corrected chi connectivity index (χ1v) is 7.56. The summed E-state index contributed by atoms with van der Waals surface area (Å²) in [7, 11) is -1.28. The highest BCUT2D eigenvalue weighted by Gasteiger charge is 2.31. The Morgan fingerprint density at radius 3 is 2.69 bits per heavy atom. The van der Waals surface area contributed by atoms with E-state index < -0.39 is 9.84 Å². The second-order valence-electron chi connectivity index (χ2n) is 4.46. The summed E-state index contributed by atoms with van der Waals surface area (Å²) in [6.07, 6.45) is 2.95. The fraction of sp³-hybridized carbons (Fsp3) is 0.900. The van der Waals surface area contributed by atoms with E-state index >= 15 is 0 Å². The van der Waals surface area contributed by atoms with Gasteiger partial charge in [0.05, 0.1) is 11.8 Å². The van der Waals surface area contributed by atoms with Crippen molar-refractivity contribution in [2.24, 2.45) is 0 Å². The highest BCUT2D eigenvalue weighted by molar-refractivity contribution is 7.90. The van der Waals surface area contributed by atoms with Gasteiger partial charge in [-0.2, -0.15) is 0 Å². The summed E-state index contributed by atoms with van der Waals surface area (Å²) in [5, 5.41) is 2.96. The molecule has 6 heteroatoms. The zero-order chi connectivity index (χ0) is 12.3. The molecular weight excluding hydrogens is 228 g/mol. The summed E-state index contributed by atoms with van der Waals surface area (Å²) in [5.74, 6) is 0.0553. The quantitative estimate of drug-likeness (QED) is 0.737. The van der Waals surface area contributed by atoms with Gasteiger partial charge in [0.15, 0.2) is 0 Å². The van der Waals surface area contributed by atoms with E-state index in [9.17, 15) is 13.2 Å². The van der Waals surface area contributed by atoms with Crippen molar-refractivity contribution in [3.8, 4) is 0 Å². The summed E-state index contributed by atoms with van der Waals surface area (Å²) in [6.45, 7) is 2.45. The molecule has 94 valence electrons. The largest absolute Gasteiger partial charge is 0.338 e. The topological polar surface area (TPSA) is 66.5 Å². The number of carbonyl (C=O) groups excluding carboxylic acids is 1. The molecule has 16 heavy (non-hydrogen) atoms. The number of hydrogen-bond donors (Lipinski definition) is 1. The monoisotopic (exact) mass is 248 g/mol. The third-order valence-electron chi connectivity index (χ3n) is 2.90. The lowest BCUT2D eigenvalue weighted by Gasteiger charge is -2.36. The Balaban J connectivity index is 2.68. The van der Waals surface area contributed by atoms with Crippen molar-refractivity contribution in [2.45, 2.75) is 31.8 Å². The van der Waals surface area contributed by atoms with Crippen molar-refractivity contribution >= 4 is 15.7 Å². The minimum absolute atomic E-state index is 0.0184. The second-order valence-corrected chi connectivity index (χ2v) is 6.64. The fourth-order valence-electron chi connectivity index (χ4n) is 2.13. The number of likely N-dealkylation sites (N-methyl/N-ethyl adjacent to an activating group) is 1. The lowest BCUT2D eigenvalue weighted by molar-refractivity contribution is -0.137. The first-order chi connectivity index (χ1) is 7.35. The van der Waals surface area contributed by atoms with Gasteiger partial charge < -0.3 is 10.2 Å². The van der Waals surface area contributed by atoms with E-state index in [0.29, 0.717) is 6.54 Å². The molecule has 0 aromatic rings. The maximum atomic E-state index is 12.0. The molecule has 1 saturated heterocycles. The predicted octanol–water partition coefficient (Wildman–Crippen LogP) is -0.370. The van der Waals surface area contributed by atoms with Crippen molar-refractivity contribution in [2.75, 3.05) is 25.6 Å². The van der Waals surface area contributed by atoms with Gasteiger partial charge in [-0.3, -0.25) is 4.79 Å². The molecule has 0 radical (unpaired) electrons. The van der Waals surface area contributed by atoms with Crippen molar-refractivity contribution in [1.29, 1.82) is 0 Å². The fourth-order valence-corrected chi connectivity index (χ4v) is 3.19. The molecule has 1 heterocycles. The van der Waals surface area contributed by atoms with Crippen LogP contribution in [0.5, 0.6) is 0 Å². The normalized spacial score (nSPS) is 24.6. The Morgan fingerprint density at radius 1 is 1.56 bits per heavy atom. The molecule has 0 spiro atoms. The average molecular weight is 248 g/mol. The number of piperidine rings is 1.